The van der Waals surface area contributed by atoms with Crippen LogP contribution in [-0.4, -0.2) is 31.1 Å². The van der Waals surface area contributed by atoms with Crippen molar-refractivity contribution in [3.63, 3.8) is 0 Å². The molecule has 110 valence electrons. The molecule has 1 unspecified atom stereocenters. The van der Waals surface area contributed by atoms with Crippen LogP contribution in [0.25, 0.3) is 0 Å². The van der Waals surface area contributed by atoms with Gasteiger partial charge in [0.2, 0.25) is 0 Å². The highest BCUT2D eigenvalue weighted by atomic mass is 79.9. The summed E-state index contributed by atoms with van der Waals surface area (Å²) in [6.45, 7) is 0. The Morgan fingerprint density at radius 1 is 1.15 bits per heavy atom. The van der Waals surface area contributed by atoms with Crippen molar-refractivity contribution in [2.45, 2.75) is 56.7 Å². The number of nitrogens with zero attached hydrogens (tertiary/aromatic N) is 1. The minimum Gasteiger partial charge on any atom is -0.317 e. The molecule has 0 saturated heterocycles. The first-order valence-corrected chi connectivity index (χ1v) is 8.66. The van der Waals surface area contributed by atoms with Crippen LogP contribution in [0.15, 0.2) is 22.7 Å². The second-order valence-electron chi connectivity index (χ2n) is 6.32. The highest BCUT2D eigenvalue weighted by Crippen LogP contribution is 2.40. The van der Waals surface area contributed by atoms with E-state index < -0.39 is 0 Å². The number of benzene rings is 1. The lowest BCUT2D eigenvalue weighted by atomic mass is 9.89. The van der Waals surface area contributed by atoms with Gasteiger partial charge in [0, 0.05) is 22.6 Å². The van der Waals surface area contributed by atoms with E-state index in [9.17, 15) is 0 Å². The third-order valence-electron chi connectivity index (χ3n) is 5.35. The Balaban J connectivity index is 1.71. The van der Waals surface area contributed by atoms with Crippen LogP contribution in [0.1, 0.15) is 49.3 Å². The van der Waals surface area contributed by atoms with Crippen LogP contribution < -0.4 is 5.32 Å². The number of halogens is 1. The Labute approximate surface area is 131 Å². The van der Waals surface area contributed by atoms with Crippen LogP contribution in [0.4, 0.5) is 0 Å². The van der Waals surface area contributed by atoms with Crippen molar-refractivity contribution in [2.75, 3.05) is 14.1 Å². The summed E-state index contributed by atoms with van der Waals surface area (Å²) in [5.41, 5.74) is 3.09. The van der Waals surface area contributed by atoms with Crippen LogP contribution in [0.3, 0.4) is 0 Å². The Hall–Kier alpha value is -0.380. The Kier molecular flexibility index (Phi) is 4.49. The molecule has 1 aromatic rings. The van der Waals surface area contributed by atoms with Crippen molar-refractivity contribution in [3.8, 4) is 0 Å². The molecule has 0 spiro atoms. The van der Waals surface area contributed by atoms with Gasteiger partial charge in [0.1, 0.15) is 0 Å². The molecule has 1 fully saturated rings. The van der Waals surface area contributed by atoms with Crippen LogP contribution in [0, 0.1) is 0 Å². The van der Waals surface area contributed by atoms with Crippen molar-refractivity contribution in [1.82, 2.24) is 10.2 Å². The van der Waals surface area contributed by atoms with E-state index in [0.29, 0.717) is 6.04 Å². The van der Waals surface area contributed by atoms with Gasteiger partial charge in [-0.1, -0.05) is 28.1 Å². The molecule has 0 heterocycles. The van der Waals surface area contributed by atoms with Crippen LogP contribution in [-0.2, 0) is 6.42 Å². The lowest BCUT2D eigenvalue weighted by Crippen LogP contribution is -2.41. The summed E-state index contributed by atoms with van der Waals surface area (Å²) in [4.78, 5) is 2.66. The van der Waals surface area contributed by atoms with Gasteiger partial charge in [-0.25, -0.2) is 0 Å². The van der Waals surface area contributed by atoms with Gasteiger partial charge in [-0.3, -0.25) is 4.90 Å². The second kappa shape index (κ2) is 6.17. The summed E-state index contributed by atoms with van der Waals surface area (Å²) in [5, 5.41) is 3.43. The summed E-state index contributed by atoms with van der Waals surface area (Å²) in [5.74, 6) is 0. The number of nitrogens with one attached hydrogen (secondary N) is 1. The third kappa shape index (κ3) is 2.68. The molecule has 1 saturated carbocycles. The molecule has 1 atom stereocenters. The third-order valence-corrected chi connectivity index (χ3v) is 6.10. The van der Waals surface area contributed by atoms with Crippen molar-refractivity contribution in [1.29, 1.82) is 0 Å². The fraction of sp³-hybridized carbons (Fsp3) is 0.647. The molecule has 2 nitrogen and oxygen atoms in total. The maximum Gasteiger partial charge on any atom is 0.0354 e. The smallest absolute Gasteiger partial charge is 0.0354 e. The molecule has 0 amide bonds. The minimum atomic E-state index is 0.624. The minimum absolute atomic E-state index is 0.624. The predicted molar refractivity (Wildman–Crippen MR) is 88.1 cm³/mol. The fourth-order valence-corrected chi connectivity index (χ4v) is 4.62. The lowest BCUT2D eigenvalue weighted by Gasteiger charge is -2.38. The van der Waals surface area contributed by atoms with Gasteiger partial charge < -0.3 is 5.32 Å². The molecular formula is C17H25BrN2. The first-order chi connectivity index (χ1) is 9.70. The SMILES string of the molecule is CNC1CCC(N(C)C2CCc3c(Br)cccc32)CC1. The highest BCUT2D eigenvalue weighted by molar-refractivity contribution is 9.10. The Morgan fingerprint density at radius 3 is 2.60 bits per heavy atom. The van der Waals surface area contributed by atoms with Gasteiger partial charge >= 0.3 is 0 Å². The van der Waals surface area contributed by atoms with Crippen LogP contribution >= 0.6 is 15.9 Å². The van der Waals surface area contributed by atoms with E-state index in [4.69, 9.17) is 0 Å². The molecule has 0 bridgehead atoms. The van der Waals surface area contributed by atoms with Gasteiger partial charge in [0.25, 0.3) is 0 Å². The standard InChI is InChI=1S/C17H25BrN2/c1-19-12-6-8-13(9-7-12)20(2)17-11-10-14-15(17)4-3-5-16(14)18/h3-5,12-13,17,19H,6-11H2,1-2H3. The van der Waals surface area contributed by atoms with Crippen LogP contribution in [0.5, 0.6) is 0 Å². The predicted octanol–water partition coefficient (Wildman–Crippen LogP) is 3.90. The molecule has 0 aliphatic heterocycles. The van der Waals surface area contributed by atoms with Gasteiger partial charge in [0.15, 0.2) is 0 Å². The highest BCUT2D eigenvalue weighted by Gasteiger charge is 2.32. The second-order valence-corrected chi connectivity index (χ2v) is 7.18. The van der Waals surface area contributed by atoms with Crippen molar-refractivity contribution >= 4 is 15.9 Å². The first-order valence-electron chi connectivity index (χ1n) is 7.87. The maximum atomic E-state index is 3.71. The van der Waals surface area contributed by atoms with E-state index in [2.05, 4.69) is 58.4 Å². The van der Waals surface area contributed by atoms with E-state index in [1.54, 1.807) is 5.56 Å². The zero-order valence-corrected chi connectivity index (χ0v) is 14.1. The number of hydrogen-bond donors (Lipinski definition) is 1. The number of rotatable bonds is 3. The number of hydrogen-bond acceptors (Lipinski definition) is 2. The first kappa shape index (κ1) is 14.6. The zero-order chi connectivity index (χ0) is 14.1. The summed E-state index contributed by atoms with van der Waals surface area (Å²) < 4.78 is 1.30. The van der Waals surface area contributed by atoms with Gasteiger partial charge in [0.05, 0.1) is 0 Å². The largest absolute Gasteiger partial charge is 0.317 e. The average molecular weight is 337 g/mol. The molecule has 3 heteroatoms. The van der Waals surface area contributed by atoms with E-state index in [1.807, 2.05) is 0 Å². The fourth-order valence-electron chi connectivity index (χ4n) is 4.04. The van der Waals surface area contributed by atoms with Crippen LogP contribution in [0.2, 0.25) is 0 Å². The van der Waals surface area contributed by atoms with Crippen molar-refractivity contribution in [2.24, 2.45) is 0 Å². The molecule has 2 aliphatic rings. The van der Waals surface area contributed by atoms with E-state index >= 15 is 0 Å². The van der Waals surface area contributed by atoms with Crippen molar-refractivity contribution in [3.05, 3.63) is 33.8 Å². The molecule has 1 aromatic carbocycles. The summed E-state index contributed by atoms with van der Waals surface area (Å²) >= 11 is 3.71. The van der Waals surface area contributed by atoms with E-state index in [1.165, 1.54) is 48.6 Å². The zero-order valence-electron chi connectivity index (χ0n) is 12.5. The van der Waals surface area contributed by atoms with Gasteiger partial charge in [-0.2, -0.15) is 0 Å². The molecule has 2 aliphatic carbocycles. The van der Waals surface area contributed by atoms with E-state index in [-0.39, 0.29) is 0 Å². The molecule has 0 radical (unpaired) electrons. The Bertz CT molecular complexity index is 466. The monoisotopic (exact) mass is 336 g/mol. The molecule has 3 rings (SSSR count). The Morgan fingerprint density at radius 2 is 1.90 bits per heavy atom. The quantitative estimate of drug-likeness (QED) is 0.900. The lowest BCUT2D eigenvalue weighted by molar-refractivity contribution is 0.127. The normalized spacial score (nSPS) is 29.7. The maximum absolute atomic E-state index is 3.71. The summed E-state index contributed by atoms with van der Waals surface area (Å²) in [7, 11) is 4.44. The van der Waals surface area contributed by atoms with Gasteiger partial charge in [-0.15, -0.1) is 0 Å². The molecule has 20 heavy (non-hydrogen) atoms. The van der Waals surface area contributed by atoms with Crippen molar-refractivity contribution < 1.29 is 0 Å². The number of fused-ring (bicyclic) bond motifs is 1. The molecule has 0 aromatic heterocycles. The average Bonchev–Trinajstić information content (AvgIpc) is 2.92. The topological polar surface area (TPSA) is 15.3 Å². The summed E-state index contributed by atoms with van der Waals surface area (Å²) in [6, 6.07) is 8.82. The summed E-state index contributed by atoms with van der Waals surface area (Å²) in [6.07, 6.45) is 7.81. The van der Waals surface area contributed by atoms with E-state index in [0.717, 1.165) is 12.1 Å². The molecule has 1 N–H and O–H groups in total. The molecular weight excluding hydrogens is 312 g/mol. The van der Waals surface area contributed by atoms with Gasteiger partial charge in [-0.05, 0) is 69.8 Å².